The molecule has 0 bridgehead atoms. The van der Waals surface area contributed by atoms with Gasteiger partial charge in [0.25, 0.3) is 15.9 Å². The lowest BCUT2D eigenvalue weighted by atomic mass is 10.2. The van der Waals surface area contributed by atoms with E-state index in [1.54, 1.807) is 12.1 Å². The summed E-state index contributed by atoms with van der Waals surface area (Å²) < 4.78 is 23.3. The van der Waals surface area contributed by atoms with E-state index in [2.05, 4.69) is 12.8 Å². The molecule has 68 valence electrons. The third-order valence-corrected chi connectivity index (χ3v) is 4.16. The number of thiol groups is 1. The molecule has 6 heteroatoms. The maximum Gasteiger partial charge on any atom is 0.279 e. The second kappa shape index (κ2) is 2.49. The zero-order valence-electron chi connectivity index (χ0n) is 6.34. The van der Waals surface area contributed by atoms with Crippen LogP contribution in [0.25, 0.3) is 0 Å². The fourth-order valence-corrected chi connectivity index (χ4v) is 2.73. The zero-order chi connectivity index (χ0) is 9.64. The minimum Gasteiger partial charge on any atom is -0.267 e. The number of benzene rings is 1. The van der Waals surface area contributed by atoms with Crippen molar-refractivity contribution in [1.82, 2.24) is 3.71 Å². The van der Waals surface area contributed by atoms with Crippen LogP contribution in [0.4, 0.5) is 0 Å². The Morgan fingerprint density at radius 3 is 2.46 bits per heavy atom. The van der Waals surface area contributed by atoms with Gasteiger partial charge in [0.1, 0.15) is 4.90 Å². The molecule has 0 aliphatic carbocycles. The van der Waals surface area contributed by atoms with Crippen molar-refractivity contribution in [3.8, 4) is 0 Å². The molecule has 0 aromatic heterocycles. The van der Waals surface area contributed by atoms with E-state index in [0.717, 1.165) is 0 Å². The van der Waals surface area contributed by atoms with Gasteiger partial charge in [-0.15, -0.1) is 0 Å². The molecule has 2 rings (SSSR count). The summed E-state index contributed by atoms with van der Waals surface area (Å²) in [5.41, 5.74) is 0.178. The first kappa shape index (κ1) is 8.58. The molecule has 4 nitrogen and oxygen atoms in total. The van der Waals surface area contributed by atoms with Crippen LogP contribution in [0.5, 0.6) is 0 Å². The predicted octanol–water partition coefficient (Wildman–Crippen LogP) is 0.676. The van der Waals surface area contributed by atoms with Crippen molar-refractivity contribution in [2.45, 2.75) is 4.90 Å². The highest BCUT2D eigenvalue weighted by molar-refractivity contribution is 8.01. The maximum atomic E-state index is 11.4. The van der Waals surface area contributed by atoms with Gasteiger partial charge in [-0.25, -0.2) is 8.42 Å². The first-order valence-electron chi connectivity index (χ1n) is 3.43. The second-order valence-electron chi connectivity index (χ2n) is 2.55. The summed E-state index contributed by atoms with van der Waals surface area (Å²) in [7, 11) is -3.69. The minimum absolute atomic E-state index is 0.0231. The number of carbonyl (C=O) groups excluding carboxylic acids is 1. The van der Waals surface area contributed by atoms with Crippen molar-refractivity contribution in [1.29, 1.82) is 0 Å². The van der Waals surface area contributed by atoms with Crippen LogP contribution in [0.1, 0.15) is 10.4 Å². The molecule has 0 radical (unpaired) electrons. The van der Waals surface area contributed by atoms with Crippen molar-refractivity contribution in [2.75, 3.05) is 0 Å². The molecule has 1 aliphatic rings. The molecule has 1 heterocycles. The lowest BCUT2D eigenvalue weighted by Gasteiger charge is -2.03. The van der Waals surface area contributed by atoms with Crippen LogP contribution in [0.3, 0.4) is 0 Å². The topological polar surface area (TPSA) is 54.5 Å². The SMILES string of the molecule is O=C1c2ccccc2S(=O)(=O)N1S. The van der Waals surface area contributed by atoms with E-state index in [1.165, 1.54) is 12.1 Å². The van der Waals surface area contributed by atoms with Gasteiger partial charge in [-0.1, -0.05) is 12.1 Å². The van der Waals surface area contributed by atoms with E-state index in [9.17, 15) is 13.2 Å². The second-order valence-corrected chi connectivity index (χ2v) is 4.98. The molecule has 0 atom stereocenters. The average Bonchev–Trinajstić information content (AvgIpc) is 2.30. The van der Waals surface area contributed by atoms with E-state index >= 15 is 0 Å². The summed E-state index contributed by atoms with van der Waals surface area (Å²) in [5, 5.41) is 0. The molecule has 1 aliphatic heterocycles. The molecule has 0 spiro atoms. The quantitative estimate of drug-likeness (QED) is 0.647. The number of rotatable bonds is 0. The smallest absolute Gasteiger partial charge is 0.267 e. The van der Waals surface area contributed by atoms with Crippen LogP contribution in [0.15, 0.2) is 29.2 Å². The maximum absolute atomic E-state index is 11.4. The van der Waals surface area contributed by atoms with E-state index in [-0.39, 0.29) is 10.5 Å². The summed E-state index contributed by atoms with van der Waals surface area (Å²) in [5.74, 6) is -0.598. The number of hydrogen-bond acceptors (Lipinski definition) is 4. The highest BCUT2D eigenvalue weighted by Gasteiger charge is 2.38. The third-order valence-electron chi connectivity index (χ3n) is 1.80. The minimum atomic E-state index is -3.69. The van der Waals surface area contributed by atoms with E-state index in [0.29, 0.717) is 3.71 Å². The molecule has 1 amide bonds. The van der Waals surface area contributed by atoms with E-state index in [4.69, 9.17) is 0 Å². The Morgan fingerprint density at radius 2 is 1.85 bits per heavy atom. The van der Waals surface area contributed by atoms with Crippen molar-refractivity contribution < 1.29 is 13.2 Å². The Labute approximate surface area is 80.8 Å². The number of fused-ring (bicyclic) bond motifs is 1. The fraction of sp³-hybridized carbons (Fsp3) is 0. The Balaban J connectivity index is 2.83. The Bertz CT molecular complexity index is 480. The lowest BCUT2D eigenvalue weighted by molar-refractivity contribution is 0.0935. The van der Waals surface area contributed by atoms with Gasteiger partial charge in [-0.05, 0) is 24.9 Å². The average molecular weight is 215 g/mol. The highest BCUT2D eigenvalue weighted by Crippen LogP contribution is 2.30. The molecule has 0 saturated heterocycles. The van der Waals surface area contributed by atoms with Gasteiger partial charge in [-0.3, -0.25) is 4.79 Å². The fourth-order valence-electron chi connectivity index (χ4n) is 1.17. The first-order valence-corrected chi connectivity index (χ1v) is 5.27. The predicted molar refractivity (Wildman–Crippen MR) is 48.8 cm³/mol. The van der Waals surface area contributed by atoms with Gasteiger partial charge < -0.3 is 0 Å². The number of sulfonamides is 1. The van der Waals surface area contributed by atoms with Crippen LogP contribution in [0, 0.1) is 0 Å². The monoisotopic (exact) mass is 215 g/mol. The standard InChI is InChI=1S/C7H5NO3S2/c9-7-5-3-1-2-4-6(5)13(10,11)8(7)12/h1-4,12H. The van der Waals surface area contributed by atoms with Crippen molar-refractivity contribution in [3.63, 3.8) is 0 Å². The van der Waals surface area contributed by atoms with Gasteiger partial charge in [0.2, 0.25) is 0 Å². The normalized spacial score (nSPS) is 18.8. The molecule has 0 fully saturated rings. The largest absolute Gasteiger partial charge is 0.279 e. The van der Waals surface area contributed by atoms with E-state index < -0.39 is 15.9 Å². The van der Waals surface area contributed by atoms with E-state index in [1.807, 2.05) is 0 Å². The molecule has 13 heavy (non-hydrogen) atoms. The van der Waals surface area contributed by atoms with Crippen LogP contribution >= 0.6 is 12.8 Å². The number of hydrogen-bond donors (Lipinski definition) is 1. The Morgan fingerprint density at radius 1 is 1.23 bits per heavy atom. The Hall–Kier alpha value is -1.01. The summed E-state index contributed by atoms with van der Waals surface area (Å²) >= 11 is 3.61. The summed E-state index contributed by atoms with van der Waals surface area (Å²) in [6, 6.07) is 6.03. The third kappa shape index (κ3) is 0.988. The summed E-state index contributed by atoms with van der Waals surface area (Å²) in [4.78, 5) is 11.3. The molecular weight excluding hydrogens is 210 g/mol. The van der Waals surface area contributed by atoms with Gasteiger partial charge in [0.05, 0.1) is 5.56 Å². The van der Waals surface area contributed by atoms with Crippen LogP contribution in [-0.4, -0.2) is 18.0 Å². The number of carbonyl (C=O) groups is 1. The first-order chi connectivity index (χ1) is 6.05. The van der Waals surface area contributed by atoms with Crippen LogP contribution in [0.2, 0.25) is 0 Å². The van der Waals surface area contributed by atoms with Crippen molar-refractivity contribution in [3.05, 3.63) is 29.8 Å². The molecule has 0 N–H and O–H groups in total. The van der Waals surface area contributed by atoms with Gasteiger partial charge >= 0.3 is 0 Å². The van der Waals surface area contributed by atoms with Gasteiger partial charge in [0, 0.05) is 0 Å². The van der Waals surface area contributed by atoms with Crippen LogP contribution < -0.4 is 0 Å². The Kier molecular flexibility index (Phi) is 1.64. The molecule has 0 unspecified atom stereocenters. The lowest BCUT2D eigenvalue weighted by Crippen LogP contribution is -2.19. The molecule has 1 aromatic rings. The highest BCUT2D eigenvalue weighted by atomic mass is 32.3. The van der Waals surface area contributed by atoms with Crippen molar-refractivity contribution >= 4 is 28.7 Å². The molecular formula is C7H5NO3S2. The van der Waals surface area contributed by atoms with Crippen LogP contribution in [-0.2, 0) is 10.0 Å². The molecule has 0 saturated carbocycles. The van der Waals surface area contributed by atoms with Gasteiger partial charge in [-0.2, -0.15) is 3.71 Å². The number of amides is 1. The van der Waals surface area contributed by atoms with Gasteiger partial charge in [0.15, 0.2) is 0 Å². The molecule has 1 aromatic carbocycles. The summed E-state index contributed by atoms with van der Waals surface area (Å²) in [6.07, 6.45) is 0. The number of nitrogens with zero attached hydrogens (tertiary/aromatic N) is 1. The van der Waals surface area contributed by atoms with Crippen molar-refractivity contribution in [2.24, 2.45) is 0 Å². The summed E-state index contributed by atoms with van der Waals surface area (Å²) in [6.45, 7) is 0. The zero-order valence-corrected chi connectivity index (χ0v) is 8.05.